The van der Waals surface area contributed by atoms with Crippen LogP contribution in [0.25, 0.3) is 0 Å². The normalized spacial score (nSPS) is 15.4. The van der Waals surface area contributed by atoms with Crippen LogP contribution in [0.15, 0.2) is 77.3 Å². The molecular weight excluding hydrogens is 450 g/mol. The molecule has 2 aromatic rings. The van der Waals surface area contributed by atoms with E-state index in [1.807, 2.05) is 0 Å². The average Bonchev–Trinajstić information content (AvgIpc) is 2.88. The molecule has 180 valence electrons. The van der Waals surface area contributed by atoms with Crippen molar-refractivity contribution in [3.63, 3.8) is 0 Å². The Balaban J connectivity index is 2.22. The van der Waals surface area contributed by atoms with Gasteiger partial charge in [0.05, 0.1) is 50.4 Å². The maximum Gasteiger partial charge on any atom is 0.355 e. The van der Waals surface area contributed by atoms with E-state index in [2.05, 4.69) is 6.07 Å². The number of carbonyl (C=O) groups excluding carboxylic acids is 3. The molecule has 0 fully saturated rings. The number of hydrogen-bond acceptors (Lipinski definition) is 9. The summed E-state index contributed by atoms with van der Waals surface area (Å²) in [6, 6.07) is 17.4. The Labute approximate surface area is 203 Å². The lowest BCUT2D eigenvalue weighted by Gasteiger charge is -2.35. The smallest absolute Gasteiger partial charge is 0.355 e. The third-order valence-electron chi connectivity index (χ3n) is 5.46. The minimum Gasteiger partial charge on any atom is -0.466 e. The summed E-state index contributed by atoms with van der Waals surface area (Å²) in [4.78, 5) is 39.2. The van der Waals surface area contributed by atoms with Gasteiger partial charge >= 0.3 is 17.9 Å². The standard InChI is InChI=1S/C26H25N3O6/c1-4-35-20(30)14-16-10-12-18(13-11-16)29-23(26(32)34-3)22(25(31)33-2)21(19(15-27)24(29)28)17-8-6-5-7-9-17/h5-13,21H,4,14,28H2,1-3H3. The number of allylic oxidation sites excluding steroid dienone is 1. The number of ether oxygens (including phenoxy) is 3. The second kappa shape index (κ2) is 11.0. The van der Waals surface area contributed by atoms with E-state index in [1.165, 1.54) is 19.1 Å². The summed E-state index contributed by atoms with van der Waals surface area (Å²) < 4.78 is 15.0. The largest absolute Gasteiger partial charge is 0.466 e. The molecule has 1 unspecified atom stereocenters. The fourth-order valence-corrected chi connectivity index (χ4v) is 3.92. The van der Waals surface area contributed by atoms with Crippen LogP contribution >= 0.6 is 0 Å². The number of rotatable bonds is 7. The van der Waals surface area contributed by atoms with Crippen LogP contribution in [0.5, 0.6) is 0 Å². The third kappa shape index (κ3) is 5.01. The van der Waals surface area contributed by atoms with E-state index in [-0.39, 0.29) is 41.7 Å². The SMILES string of the molecule is CCOC(=O)Cc1ccc(N2C(N)=C(C#N)C(c3ccccc3)C(C(=O)OC)=C2C(=O)OC)cc1. The highest BCUT2D eigenvalue weighted by molar-refractivity contribution is 6.06. The molecule has 9 nitrogen and oxygen atoms in total. The zero-order valence-corrected chi connectivity index (χ0v) is 19.6. The molecule has 1 heterocycles. The van der Waals surface area contributed by atoms with Gasteiger partial charge in [0.15, 0.2) is 0 Å². The van der Waals surface area contributed by atoms with Gasteiger partial charge in [0.1, 0.15) is 11.5 Å². The van der Waals surface area contributed by atoms with Gasteiger partial charge in [-0.25, -0.2) is 9.59 Å². The van der Waals surface area contributed by atoms with Crippen LogP contribution in [0.2, 0.25) is 0 Å². The molecule has 2 N–H and O–H groups in total. The van der Waals surface area contributed by atoms with Crippen LogP contribution in [-0.4, -0.2) is 38.7 Å². The van der Waals surface area contributed by atoms with Gasteiger partial charge in [-0.2, -0.15) is 5.26 Å². The molecule has 1 atom stereocenters. The number of nitrogens with two attached hydrogens (primary N) is 1. The molecule has 35 heavy (non-hydrogen) atoms. The summed E-state index contributed by atoms with van der Waals surface area (Å²) in [5.41, 5.74) is 7.92. The first kappa shape index (κ1) is 25.1. The maximum atomic E-state index is 13.0. The van der Waals surface area contributed by atoms with Crippen molar-refractivity contribution in [3.05, 3.63) is 88.4 Å². The Bertz CT molecular complexity index is 1230. The van der Waals surface area contributed by atoms with Crippen molar-refractivity contribution in [2.45, 2.75) is 19.3 Å². The molecule has 0 amide bonds. The van der Waals surface area contributed by atoms with Crippen molar-refractivity contribution in [1.82, 2.24) is 0 Å². The predicted octanol–water partition coefficient (Wildman–Crippen LogP) is 2.69. The molecule has 0 radical (unpaired) electrons. The Morgan fingerprint density at radius 2 is 1.63 bits per heavy atom. The average molecular weight is 476 g/mol. The quantitative estimate of drug-likeness (QED) is 0.474. The van der Waals surface area contributed by atoms with Gasteiger partial charge in [-0.1, -0.05) is 42.5 Å². The Morgan fingerprint density at radius 1 is 1.00 bits per heavy atom. The molecule has 9 heteroatoms. The molecule has 1 aliphatic rings. The number of nitriles is 1. The molecule has 0 spiro atoms. The van der Waals surface area contributed by atoms with Crippen molar-refractivity contribution >= 4 is 23.6 Å². The zero-order valence-electron chi connectivity index (χ0n) is 19.6. The second-order valence-corrected chi connectivity index (χ2v) is 7.48. The minimum atomic E-state index is -0.943. The monoisotopic (exact) mass is 475 g/mol. The van der Waals surface area contributed by atoms with E-state index in [4.69, 9.17) is 19.9 Å². The van der Waals surface area contributed by atoms with E-state index in [0.29, 0.717) is 16.8 Å². The summed E-state index contributed by atoms with van der Waals surface area (Å²) in [6.45, 7) is 2.00. The third-order valence-corrected chi connectivity index (χ3v) is 5.46. The zero-order chi connectivity index (χ0) is 25.5. The van der Waals surface area contributed by atoms with Gasteiger partial charge in [-0.15, -0.1) is 0 Å². The van der Waals surface area contributed by atoms with Crippen molar-refractivity contribution in [3.8, 4) is 6.07 Å². The molecule has 0 aromatic heterocycles. The van der Waals surface area contributed by atoms with Crippen LogP contribution < -0.4 is 10.6 Å². The highest BCUT2D eigenvalue weighted by Crippen LogP contribution is 2.43. The number of anilines is 1. The molecule has 0 aliphatic carbocycles. The first-order valence-corrected chi connectivity index (χ1v) is 10.8. The number of benzene rings is 2. The van der Waals surface area contributed by atoms with Crippen LogP contribution in [0.4, 0.5) is 5.69 Å². The van der Waals surface area contributed by atoms with Gasteiger partial charge in [0.25, 0.3) is 0 Å². The Kier molecular flexibility index (Phi) is 7.89. The lowest BCUT2D eigenvalue weighted by atomic mass is 9.81. The van der Waals surface area contributed by atoms with E-state index in [9.17, 15) is 19.6 Å². The molecule has 2 aromatic carbocycles. The molecule has 0 saturated carbocycles. The Hall–Kier alpha value is -4.58. The van der Waals surface area contributed by atoms with E-state index in [1.54, 1.807) is 61.5 Å². The summed E-state index contributed by atoms with van der Waals surface area (Å²) in [5.74, 6) is -2.99. The number of carbonyl (C=O) groups is 3. The van der Waals surface area contributed by atoms with Crippen molar-refractivity contribution in [2.24, 2.45) is 5.73 Å². The predicted molar refractivity (Wildman–Crippen MR) is 126 cm³/mol. The minimum absolute atomic E-state index is 0.0347. The van der Waals surface area contributed by atoms with Crippen LogP contribution in [0.1, 0.15) is 24.0 Å². The van der Waals surface area contributed by atoms with Gasteiger partial charge in [-0.3, -0.25) is 9.69 Å². The van der Waals surface area contributed by atoms with Gasteiger partial charge < -0.3 is 19.9 Å². The molecular formula is C26H25N3O6. The summed E-state index contributed by atoms with van der Waals surface area (Å²) in [5, 5.41) is 10.0. The summed E-state index contributed by atoms with van der Waals surface area (Å²) in [6.07, 6.45) is 0.0616. The highest BCUT2D eigenvalue weighted by atomic mass is 16.5. The van der Waals surface area contributed by atoms with Crippen molar-refractivity contribution < 1.29 is 28.6 Å². The van der Waals surface area contributed by atoms with Crippen molar-refractivity contribution in [2.75, 3.05) is 25.7 Å². The van der Waals surface area contributed by atoms with Crippen LogP contribution in [0.3, 0.4) is 0 Å². The van der Waals surface area contributed by atoms with E-state index < -0.39 is 17.9 Å². The van der Waals surface area contributed by atoms with Crippen molar-refractivity contribution in [1.29, 1.82) is 5.26 Å². The van der Waals surface area contributed by atoms with Gasteiger partial charge in [-0.05, 0) is 30.2 Å². The number of methoxy groups -OCH3 is 2. The first-order valence-electron chi connectivity index (χ1n) is 10.8. The van der Waals surface area contributed by atoms with E-state index in [0.717, 1.165) is 0 Å². The number of esters is 3. The first-order chi connectivity index (χ1) is 16.9. The second-order valence-electron chi connectivity index (χ2n) is 7.48. The molecule has 0 saturated heterocycles. The fraction of sp³-hybridized carbons (Fsp3) is 0.231. The maximum absolute atomic E-state index is 13.0. The van der Waals surface area contributed by atoms with E-state index >= 15 is 0 Å². The fourth-order valence-electron chi connectivity index (χ4n) is 3.92. The number of hydrogen-bond donors (Lipinski definition) is 1. The topological polar surface area (TPSA) is 132 Å². The van der Waals surface area contributed by atoms with Gasteiger partial charge in [0, 0.05) is 5.69 Å². The van der Waals surface area contributed by atoms with Gasteiger partial charge in [0.2, 0.25) is 0 Å². The summed E-state index contributed by atoms with van der Waals surface area (Å²) in [7, 11) is 2.37. The lowest BCUT2D eigenvalue weighted by Crippen LogP contribution is -2.40. The molecule has 0 bridgehead atoms. The number of nitrogens with zero attached hydrogens (tertiary/aromatic N) is 2. The summed E-state index contributed by atoms with van der Waals surface area (Å²) >= 11 is 0. The van der Waals surface area contributed by atoms with Crippen LogP contribution in [-0.2, 0) is 35.0 Å². The highest BCUT2D eigenvalue weighted by Gasteiger charge is 2.42. The molecule has 3 rings (SSSR count). The van der Waals surface area contributed by atoms with Crippen LogP contribution in [0, 0.1) is 11.3 Å². The molecule has 1 aliphatic heterocycles. The lowest BCUT2D eigenvalue weighted by molar-refractivity contribution is -0.142. The Morgan fingerprint density at radius 3 is 2.17 bits per heavy atom.